The molecule has 5 heteroatoms. The second-order valence-electron chi connectivity index (χ2n) is 6.47. The van der Waals surface area contributed by atoms with Crippen LogP contribution in [0.3, 0.4) is 0 Å². The fraction of sp³-hybridized carbons (Fsp3) is 0.500. The monoisotopic (exact) mass is 316 g/mol. The van der Waals surface area contributed by atoms with Crippen molar-refractivity contribution in [2.75, 3.05) is 39.5 Å². The van der Waals surface area contributed by atoms with Crippen molar-refractivity contribution in [3.63, 3.8) is 0 Å². The Bertz CT molecular complexity index is 590. The molecule has 0 N–H and O–H groups in total. The molecule has 5 nitrogen and oxygen atoms in total. The average molecular weight is 316 g/mol. The summed E-state index contributed by atoms with van der Waals surface area (Å²) in [6, 6.07) is 5.70. The summed E-state index contributed by atoms with van der Waals surface area (Å²) in [7, 11) is 0. The lowest BCUT2D eigenvalue weighted by molar-refractivity contribution is -0.127. The van der Waals surface area contributed by atoms with Crippen molar-refractivity contribution in [3.8, 4) is 11.5 Å². The van der Waals surface area contributed by atoms with E-state index in [2.05, 4.69) is 18.7 Å². The topological polar surface area (TPSA) is 42.0 Å². The molecule has 0 bridgehead atoms. The van der Waals surface area contributed by atoms with Crippen LogP contribution in [0.5, 0.6) is 11.5 Å². The highest BCUT2D eigenvalue weighted by atomic mass is 16.7. The number of nitrogens with zero attached hydrogens (tertiary/aromatic N) is 2. The number of carbonyl (C=O) groups excluding carboxylic acids is 1. The summed E-state index contributed by atoms with van der Waals surface area (Å²) < 4.78 is 10.6. The molecule has 0 atom stereocenters. The van der Waals surface area contributed by atoms with Crippen molar-refractivity contribution < 1.29 is 14.3 Å². The summed E-state index contributed by atoms with van der Waals surface area (Å²) in [6.45, 7) is 9.35. The van der Waals surface area contributed by atoms with Crippen molar-refractivity contribution in [2.45, 2.75) is 13.8 Å². The Morgan fingerprint density at radius 3 is 2.65 bits per heavy atom. The van der Waals surface area contributed by atoms with Gasteiger partial charge in [0.05, 0.1) is 0 Å². The highest BCUT2D eigenvalue weighted by Gasteiger charge is 2.20. The molecule has 2 aliphatic rings. The molecule has 0 saturated carbocycles. The molecular weight excluding hydrogens is 292 g/mol. The third kappa shape index (κ3) is 4.05. The molecule has 1 aromatic carbocycles. The quantitative estimate of drug-likeness (QED) is 0.799. The molecule has 1 saturated heterocycles. The van der Waals surface area contributed by atoms with Crippen LogP contribution in [0.15, 0.2) is 24.3 Å². The molecule has 3 rings (SSSR count). The van der Waals surface area contributed by atoms with E-state index in [0.717, 1.165) is 49.8 Å². The minimum Gasteiger partial charge on any atom is -0.454 e. The second-order valence-corrected chi connectivity index (χ2v) is 6.47. The Morgan fingerprint density at radius 1 is 1.17 bits per heavy atom. The number of ether oxygens (including phenoxy) is 2. The van der Waals surface area contributed by atoms with Crippen LogP contribution in [0, 0.1) is 5.92 Å². The van der Waals surface area contributed by atoms with Crippen LogP contribution < -0.4 is 9.47 Å². The number of carbonyl (C=O) groups is 1. The third-order valence-electron chi connectivity index (χ3n) is 4.12. The van der Waals surface area contributed by atoms with Gasteiger partial charge in [-0.2, -0.15) is 0 Å². The summed E-state index contributed by atoms with van der Waals surface area (Å²) >= 11 is 0. The van der Waals surface area contributed by atoms with Gasteiger partial charge in [-0.15, -0.1) is 0 Å². The third-order valence-corrected chi connectivity index (χ3v) is 4.12. The predicted octanol–water partition coefficient (Wildman–Crippen LogP) is 2.23. The minimum atomic E-state index is 0.0758. The molecular formula is C18H24N2O3. The van der Waals surface area contributed by atoms with Crippen LogP contribution in [0.2, 0.25) is 0 Å². The fourth-order valence-corrected chi connectivity index (χ4v) is 2.96. The highest BCUT2D eigenvalue weighted by molar-refractivity contribution is 5.92. The Labute approximate surface area is 137 Å². The number of fused-ring (bicyclic) bond motifs is 1. The number of hydrogen-bond donors (Lipinski definition) is 0. The maximum absolute atomic E-state index is 12.3. The first-order chi connectivity index (χ1) is 11.1. The van der Waals surface area contributed by atoms with E-state index in [1.165, 1.54) is 0 Å². The minimum absolute atomic E-state index is 0.0758. The van der Waals surface area contributed by atoms with E-state index < -0.39 is 0 Å². The van der Waals surface area contributed by atoms with Crippen LogP contribution in [-0.2, 0) is 4.79 Å². The number of piperazine rings is 1. The van der Waals surface area contributed by atoms with E-state index >= 15 is 0 Å². The van der Waals surface area contributed by atoms with Gasteiger partial charge in [-0.3, -0.25) is 9.69 Å². The Morgan fingerprint density at radius 2 is 1.91 bits per heavy atom. The van der Waals surface area contributed by atoms with Gasteiger partial charge in [-0.05, 0) is 29.7 Å². The lowest BCUT2D eigenvalue weighted by Gasteiger charge is -2.35. The van der Waals surface area contributed by atoms with Crippen LogP contribution in [0.4, 0.5) is 0 Å². The van der Waals surface area contributed by atoms with Gasteiger partial charge in [0.25, 0.3) is 0 Å². The second kappa shape index (κ2) is 7.04. The SMILES string of the molecule is CC(C)CN1CCN(C(=O)/C=C/c2ccc3c(c2)OCO3)CC1. The number of amides is 1. The number of rotatable bonds is 4. The van der Waals surface area contributed by atoms with Gasteiger partial charge in [-0.1, -0.05) is 19.9 Å². The van der Waals surface area contributed by atoms with E-state index in [9.17, 15) is 4.79 Å². The Hall–Kier alpha value is -2.01. The van der Waals surface area contributed by atoms with Gasteiger partial charge in [0.2, 0.25) is 12.7 Å². The van der Waals surface area contributed by atoms with Crippen LogP contribution >= 0.6 is 0 Å². The first-order valence-corrected chi connectivity index (χ1v) is 8.21. The summed E-state index contributed by atoms with van der Waals surface area (Å²) in [5.74, 6) is 2.24. The number of benzene rings is 1. The summed E-state index contributed by atoms with van der Waals surface area (Å²) in [5, 5.41) is 0. The standard InChI is InChI=1S/C18H24N2O3/c1-14(2)12-19-7-9-20(10-8-19)18(21)6-4-15-3-5-16-17(11-15)23-13-22-16/h3-6,11,14H,7-10,12-13H2,1-2H3/b6-4+. The van der Waals surface area contributed by atoms with Gasteiger partial charge in [-0.25, -0.2) is 0 Å². The van der Waals surface area contributed by atoms with Crippen LogP contribution in [0.1, 0.15) is 19.4 Å². The largest absolute Gasteiger partial charge is 0.454 e. The average Bonchev–Trinajstić information content (AvgIpc) is 3.00. The van der Waals surface area contributed by atoms with Crippen LogP contribution in [-0.4, -0.2) is 55.2 Å². The molecule has 1 amide bonds. The summed E-state index contributed by atoms with van der Waals surface area (Å²) in [5.41, 5.74) is 0.945. The zero-order valence-electron chi connectivity index (χ0n) is 13.8. The first-order valence-electron chi connectivity index (χ1n) is 8.21. The molecule has 0 aromatic heterocycles. The molecule has 1 aromatic rings. The lowest BCUT2D eigenvalue weighted by atomic mass is 10.1. The molecule has 0 radical (unpaired) electrons. The fourth-order valence-electron chi connectivity index (χ4n) is 2.96. The van der Waals surface area contributed by atoms with Gasteiger partial charge in [0.1, 0.15) is 0 Å². The maximum atomic E-state index is 12.3. The maximum Gasteiger partial charge on any atom is 0.246 e. The predicted molar refractivity (Wildman–Crippen MR) is 89.5 cm³/mol. The molecule has 124 valence electrons. The highest BCUT2D eigenvalue weighted by Crippen LogP contribution is 2.32. The van der Waals surface area contributed by atoms with Gasteiger partial charge in [0, 0.05) is 38.8 Å². The smallest absolute Gasteiger partial charge is 0.246 e. The molecule has 1 fully saturated rings. The van der Waals surface area contributed by atoms with E-state index in [1.54, 1.807) is 6.08 Å². The van der Waals surface area contributed by atoms with Crippen molar-refractivity contribution >= 4 is 12.0 Å². The van der Waals surface area contributed by atoms with E-state index in [1.807, 2.05) is 29.2 Å². The lowest BCUT2D eigenvalue weighted by Crippen LogP contribution is -2.49. The van der Waals surface area contributed by atoms with E-state index in [4.69, 9.17) is 9.47 Å². The van der Waals surface area contributed by atoms with E-state index in [-0.39, 0.29) is 12.7 Å². The van der Waals surface area contributed by atoms with E-state index in [0.29, 0.717) is 5.92 Å². The first kappa shape index (κ1) is 15.9. The summed E-state index contributed by atoms with van der Waals surface area (Å²) in [4.78, 5) is 16.6. The molecule has 23 heavy (non-hydrogen) atoms. The van der Waals surface area contributed by atoms with Gasteiger partial charge in [0.15, 0.2) is 11.5 Å². The van der Waals surface area contributed by atoms with Gasteiger partial charge < -0.3 is 14.4 Å². The van der Waals surface area contributed by atoms with Crippen LogP contribution in [0.25, 0.3) is 6.08 Å². The van der Waals surface area contributed by atoms with Gasteiger partial charge >= 0.3 is 0 Å². The molecule has 0 unspecified atom stereocenters. The van der Waals surface area contributed by atoms with Crippen molar-refractivity contribution in [3.05, 3.63) is 29.8 Å². The van der Waals surface area contributed by atoms with Crippen molar-refractivity contribution in [1.29, 1.82) is 0 Å². The molecule has 0 spiro atoms. The molecule has 0 aliphatic carbocycles. The molecule has 2 heterocycles. The Balaban J connectivity index is 1.53. The van der Waals surface area contributed by atoms with Crippen molar-refractivity contribution in [1.82, 2.24) is 9.80 Å². The molecule has 2 aliphatic heterocycles. The normalized spacial score (nSPS) is 18.1. The van der Waals surface area contributed by atoms with Crippen molar-refractivity contribution in [2.24, 2.45) is 5.92 Å². The summed E-state index contributed by atoms with van der Waals surface area (Å²) in [6.07, 6.45) is 3.49. The zero-order chi connectivity index (χ0) is 16.2. The zero-order valence-corrected chi connectivity index (χ0v) is 13.8. The number of hydrogen-bond acceptors (Lipinski definition) is 4. The Kier molecular flexibility index (Phi) is 4.86.